The molecular weight excluding hydrogens is 321 g/mol. The molecule has 1 fully saturated rings. The molecule has 22 heavy (non-hydrogen) atoms. The van der Waals surface area contributed by atoms with Gasteiger partial charge in [0, 0.05) is 25.7 Å². The van der Waals surface area contributed by atoms with Crippen molar-refractivity contribution in [2.45, 2.75) is 25.4 Å². The summed E-state index contributed by atoms with van der Waals surface area (Å²) >= 11 is 12.4. The lowest BCUT2D eigenvalue weighted by molar-refractivity contribution is 0.0773. The van der Waals surface area contributed by atoms with Crippen LogP contribution < -0.4 is 4.74 Å². The van der Waals surface area contributed by atoms with Gasteiger partial charge in [0.05, 0.1) is 23.2 Å². The molecule has 0 bridgehead atoms. The lowest BCUT2D eigenvalue weighted by atomic mass is 10.0. The van der Waals surface area contributed by atoms with Gasteiger partial charge in [-0.2, -0.15) is 5.26 Å². The van der Waals surface area contributed by atoms with Crippen LogP contribution in [0, 0.1) is 11.3 Å². The molecule has 1 heterocycles. The maximum atomic E-state index is 9.64. The third-order valence-electron chi connectivity index (χ3n) is 4.31. The highest BCUT2D eigenvalue weighted by Crippen LogP contribution is 2.37. The van der Waals surface area contributed by atoms with Gasteiger partial charge in [-0.3, -0.25) is 4.90 Å². The van der Waals surface area contributed by atoms with E-state index in [1.165, 1.54) is 7.11 Å². The van der Waals surface area contributed by atoms with Crippen LogP contribution in [0.3, 0.4) is 0 Å². The lowest BCUT2D eigenvalue weighted by Crippen LogP contribution is -2.51. The molecule has 6 heteroatoms. The van der Waals surface area contributed by atoms with Crippen molar-refractivity contribution in [3.05, 3.63) is 27.7 Å². The highest BCUT2D eigenvalue weighted by Gasteiger charge is 2.29. The zero-order valence-corrected chi connectivity index (χ0v) is 14.7. The van der Waals surface area contributed by atoms with Crippen molar-refractivity contribution in [1.29, 1.82) is 5.26 Å². The van der Waals surface area contributed by atoms with Crippen LogP contribution in [0.1, 0.15) is 24.9 Å². The maximum Gasteiger partial charge on any atom is 0.156 e. The number of hydrogen-bond acceptors (Lipinski definition) is 4. The van der Waals surface area contributed by atoms with E-state index in [9.17, 15) is 5.26 Å². The first-order valence-electron chi connectivity index (χ1n) is 7.38. The maximum absolute atomic E-state index is 9.64. The summed E-state index contributed by atoms with van der Waals surface area (Å²) in [5.41, 5.74) is 0.817. The van der Waals surface area contributed by atoms with Gasteiger partial charge in [0.1, 0.15) is 6.04 Å². The normalized spacial score (nSPS) is 21.4. The summed E-state index contributed by atoms with van der Waals surface area (Å²) in [6, 6.07) is 6.07. The number of ether oxygens (including phenoxy) is 1. The van der Waals surface area contributed by atoms with Gasteiger partial charge in [0.25, 0.3) is 0 Å². The van der Waals surface area contributed by atoms with E-state index in [1.54, 1.807) is 12.1 Å². The second-order valence-electron chi connectivity index (χ2n) is 5.59. The van der Waals surface area contributed by atoms with E-state index in [1.807, 2.05) is 0 Å². The molecule has 2 unspecified atom stereocenters. The Morgan fingerprint density at radius 3 is 2.50 bits per heavy atom. The van der Waals surface area contributed by atoms with E-state index in [0.717, 1.165) is 31.6 Å². The Hall–Kier alpha value is -0.990. The first kappa shape index (κ1) is 17.4. The van der Waals surface area contributed by atoms with Gasteiger partial charge in [-0.15, -0.1) is 0 Å². The summed E-state index contributed by atoms with van der Waals surface area (Å²) in [6.45, 7) is 4.85. The molecule has 120 valence electrons. The summed E-state index contributed by atoms with van der Waals surface area (Å²) in [4.78, 5) is 4.54. The fourth-order valence-corrected chi connectivity index (χ4v) is 3.60. The summed E-state index contributed by atoms with van der Waals surface area (Å²) in [5, 5.41) is 10.5. The van der Waals surface area contributed by atoms with Gasteiger partial charge in [-0.1, -0.05) is 30.1 Å². The minimum atomic E-state index is -0.344. The van der Waals surface area contributed by atoms with Crippen LogP contribution in [0.5, 0.6) is 5.75 Å². The van der Waals surface area contributed by atoms with Crippen LogP contribution >= 0.6 is 23.2 Å². The van der Waals surface area contributed by atoms with E-state index < -0.39 is 0 Å². The number of nitrogens with zero attached hydrogens (tertiary/aromatic N) is 3. The van der Waals surface area contributed by atoms with Gasteiger partial charge >= 0.3 is 0 Å². The molecule has 1 aliphatic rings. The number of benzene rings is 1. The van der Waals surface area contributed by atoms with E-state index in [0.29, 0.717) is 21.8 Å². The Kier molecular flexibility index (Phi) is 5.94. The zero-order valence-electron chi connectivity index (χ0n) is 13.1. The molecule has 2 rings (SSSR count). The SMILES string of the molecule is CCC1CN(C(C#N)c2cc(Cl)c(OC)c(Cl)c2)CCN1C. The quantitative estimate of drug-likeness (QED) is 0.838. The topological polar surface area (TPSA) is 39.5 Å². The van der Waals surface area contributed by atoms with Crippen LogP contribution in [0.15, 0.2) is 12.1 Å². The first-order valence-corrected chi connectivity index (χ1v) is 8.14. The second kappa shape index (κ2) is 7.52. The smallest absolute Gasteiger partial charge is 0.156 e. The Labute approximate surface area is 142 Å². The molecule has 0 aromatic heterocycles. The third-order valence-corrected chi connectivity index (χ3v) is 4.87. The molecule has 1 aliphatic heterocycles. The summed E-state index contributed by atoms with van der Waals surface area (Å²) < 4.78 is 5.17. The van der Waals surface area contributed by atoms with E-state index in [4.69, 9.17) is 27.9 Å². The minimum absolute atomic E-state index is 0.344. The molecule has 4 nitrogen and oxygen atoms in total. The Balaban J connectivity index is 2.27. The van der Waals surface area contributed by atoms with Crippen LogP contribution in [-0.4, -0.2) is 49.6 Å². The number of nitriles is 1. The van der Waals surface area contributed by atoms with Crippen LogP contribution in [-0.2, 0) is 0 Å². The molecular formula is C16H21Cl2N3O. The first-order chi connectivity index (χ1) is 10.5. The number of halogens is 2. The molecule has 0 N–H and O–H groups in total. The van der Waals surface area contributed by atoms with Crippen LogP contribution in [0.2, 0.25) is 10.0 Å². The zero-order chi connectivity index (χ0) is 16.3. The minimum Gasteiger partial charge on any atom is -0.494 e. The van der Waals surface area contributed by atoms with Crippen molar-refractivity contribution >= 4 is 23.2 Å². The summed E-state index contributed by atoms with van der Waals surface area (Å²) in [5.74, 6) is 0.452. The number of likely N-dealkylation sites (N-methyl/N-ethyl adjacent to an activating group) is 1. The van der Waals surface area contributed by atoms with Crippen LogP contribution in [0.25, 0.3) is 0 Å². The molecule has 2 atom stereocenters. The molecule has 0 amide bonds. The van der Waals surface area contributed by atoms with Crippen molar-refractivity contribution in [2.75, 3.05) is 33.8 Å². The number of rotatable bonds is 4. The van der Waals surface area contributed by atoms with E-state index in [2.05, 4.69) is 29.8 Å². The van der Waals surface area contributed by atoms with Gasteiger partial charge in [0.15, 0.2) is 5.75 Å². The Morgan fingerprint density at radius 2 is 2.00 bits per heavy atom. The predicted octanol–water partition coefficient (Wildman–Crippen LogP) is 3.59. The highest BCUT2D eigenvalue weighted by molar-refractivity contribution is 6.37. The Bertz CT molecular complexity index is 550. The fourth-order valence-electron chi connectivity index (χ4n) is 2.94. The summed E-state index contributed by atoms with van der Waals surface area (Å²) in [6.07, 6.45) is 1.06. The number of methoxy groups -OCH3 is 1. The molecule has 1 saturated heterocycles. The molecule has 0 spiro atoms. The lowest BCUT2D eigenvalue weighted by Gasteiger charge is -2.41. The predicted molar refractivity (Wildman–Crippen MR) is 89.7 cm³/mol. The van der Waals surface area contributed by atoms with Crippen molar-refractivity contribution < 1.29 is 4.74 Å². The van der Waals surface area contributed by atoms with Gasteiger partial charge in [-0.05, 0) is 31.2 Å². The largest absolute Gasteiger partial charge is 0.494 e. The van der Waals surface area contributed by atoms with E-state index >= 15 is 0 Å². The van der Waals surface area contributed by atoms with Crippen molar-refractivity contribution in [3.63, 3.8) is 0 Å². The molecule has 1 aromatic rings. The van der Waals surface area contributed by atoms with Crippen molar-refractivity contribution in [1.82, 2.24) is 9.80 Å². The van der Waals surface area contributed by atoms with Crippen molar-refractivity contribution in [2.24, 2.45) is 0 Å². The van der Waals surface area contributed by atoms with Gasteiger partial charge in [-0.25, -0.2) is 0 Å². The van der Waals surface area contributed by atoms with Crippen molar-refractivity contribution in [3.8, 4) is 11.8 Å². The summed E-state index contributed by atoms with van der Waals surface area (Å²) in [7, 11) is 3.66. The van der Waals surface area contributed by atoms with Gasteiger partial charge < -0.3 is 9.64 Å². The van der Waals surface area contributed by atoms with E-state index in [-0.39, 0.29) is 6.04 Å². The highest BCUT2D eigenvalue weighted by atomic mass is 35.5. The second-order valence-corrected chi connectivity index (χ2v) is 6.40. The average Bonchev–Trinajstić information content (AvgIpc) is 2.49. The molecule has 0 radical (unpaired) electrons. The average molecular weight is 342 g/mol. The van der Waals surface area contributed by atoms with Gasteiger partial charge in [0.2, 0.25) is 0 Å². The molecule has 0 saturated carbocycles. The Morgan fingerprint density at radius 1 is 1.36 bits per heavy atom. The standard InChI is InChI=1S/C16H21Cl2N3O/c1-4-12-10-21(6-5-20(12)2)15(9-19)11-7-13(17)16(22-3)14(18)8-11/h7-8,12,15H,4-6,10H2,1-3H3. The third kappa shape index (κ3) is 3.49. The number of hydrogen-bond donors (Lipinski definition) is 0. The molecule has 0 aliphatic carbocycles. The monoisotopic (exact) mass is 341 g/mol. The number of piperazine rings is 1. The van der Waals surface area contributed by atoms with Crippen LogP contribution in [0.4, 0.5) is 0 Å². The fraction of sp³-hybridized carbons (Fsp3) is 0.562. The molecule has 1 aromatic carbocycles.